The summed E-state index contributed by atoms with van der Waals surface area (Å²) in [6, 6.07) is 11.6. The Morgan fingerprint density at radius 3 is 2.38 bits per heavy atom. The number of nitrogens with two attached hydrogens (primary N) is 1. The number of benzene rings is 2. The predicted octanol–water partition coefficient (Wildman–Crippen LogP) is 1.65. The minimum absolute atomic E-state index is 0.0707. The van der Waals surface area contributed by atoms with Crippen molar-refractivity contribution in [1.29, 1.82) is 0 Å². The third-order valence-electron chi connectivity index (χ3n) is 2.78. The highest BCUT2D eigenvalue weighted by molar-refractivity contribution is 7.89. The first-order valence-corrected chi connectivity index (χ1v) is 7.57. The second-order valence-electron chi connectivity index (χ2n) is 4.36. The van der Waals surface area contributed by atoms with E-state index in [1.54, 1.807) is 12.1 Å². The molecule has 0 saturated heterocycles. The van der Waals surface area contributed by atoms with Crippen LogP contribution in [0.25, 0.3) is 0 Å². The van der Waals surface area contributed by atoms with Gasteiger partial charge in [-0.1, -0.05) is 30.3 Å². The number of rotatable bonds is 4. The molecule has 1 amide bonds. The molecule has 0 saturated carbocycles. The zero-order valence-electron chi connectivity index (χ0n) is 10.9. The lowest BCUT2D eigenvalue weighted by atomic mass is 10.1. The molecule has 0 fully saturated rings. The molecule has 0 aromatic heterocycles. The first-order chi connectivity index (χ1) is 9.88. The van der Waals surface area contributed by atoms with Gasteiger partial charge in [0.15, 0.2) is 0 Å². The lowest BCUT2D eigenvalue weighted by molar-refractivity contribution is -0.115. The van der Waals surface area contributed by atoms with Crippen LogP contribution in [0.1, 0.15) is 5.56 Å². The van der Waals surface area contributed by atoms with Crippen molar-refractivity contribution in [2.75, 3.05) is 5.32 Å². The molecule has 0 aliphatic heterocycles. The number of hydrogen-bond donors (Lipinski definition) is 2. The monoisotopic (exact) mass is 308 g/mol. The highest BCUT2D eigenvalue weighted by atomic mass is 32.2. The van der Waals surface area contributed by atoms with Crippen molar-refractivity contribution in [3.8, 4) is 0 Å². The zero-order valence-corrected chi connectivity index (χ0v) is 11.7. The second-order valence-corrected chi connectivity index (χ2v) is 5.89. The summed E-state index contributed by atoms with van der Waals surface area (Å²) in [4.78, 5) is 11.7. The van der Waals surface area contributed by atoms with Crippen LogP contribution in [-0.4, -0.2) is 14.3 Å². The molecule has 0 aliphatic rings. The molecule has 0 atom stereocenters. The van der Waals surface area contributed by atoms with Crippen molar-refractivity contribution in [2.24, 2.45) is 5.14 Å². The van der Waals surface area contributed by atoms with Crippen LogP contribution < -0.4 is 10.5 Å². The Morgan fingerprint density at radius 2 is 1.71 bits per heavy atom. The van der Waals surface area contributed by atoms with Crippen molar-refractivity contribution in [1.82, 2.24) is 0 Å². The topological polar surface area (TPSA) is 89.3 Å². The SMILES string of the molecule is NS(=O)(=O)c1ccccc1NC(=O)Cc1ccccc1F. The molecular formula is C14H13FN2O3S. The predicted molar refractivity (Wildman–Crippen MR) is 76.5 cm³/mol. The van der Waals surface area contributed by atoms with Crippen molar-refractivity contribution < 1.29 is 17.6 Å². The number of nitrogens with one attached hydrogen (secondary N) is 1. The largest absolute Gasteiger partial charge is 0.325 e. The molecule has 110 valence electrons. The van der Waals surface area contributed by atoms with Gasteiger partial charge >= 0.3 is 0 Å². The van der Waals surface area contributed by atoms with Gasteiger partial charge in [-0.3, -0.25) is 4.79 Å². The molecule has 3 N–H and O–H groups in total. The van der Waals surface area contributed by atoms with Gasteiger partial charge in [0.1, 0.15) is 10.7 Å². The normalized spacial score (nSPS) is 11.1. The Labute approximate surface area is 121 Å². The standard InChI is InChI=1S/C14H13FN2O3S/c15-11-6-2-1-5-10(11)9-14(18)17-12-7-3-4-8-13(12)21(16,19)20/h1-8H,9H2,(H,17,18)(H2,16,19,20). The Balaban J connectivity index is 2.20. The maximum atomic E-state index is 13.5. The number of carbonyl (C=O) groups is 1. The van der Waals surface area contributed by atoms with Gasteiger partial charge in [-0.2, -0.15) is 0 Å². The van der Waals surface area contributed by atoms with Crippen molar-refractivity contribution >= 4 is 21.6 Å². The average molecular weight is 308 g/mol. The lowest BCUT2D eigenvalue weighted by Gasteiger charge is -2.09. The summed E-state index contributed by atoms with van der Waals surface area (Å²) in [7, 11) is -3.95. The van der Waals surface area contributed by atoms with Crippen LogP contribution in [0.3, 0.4) is 0 Å². The number of halogens is 1. The summed E-state index contributed by atoms with van der Waals surface area (Å²) < 4.78 is 36.3. The van der Waals surface area contributed by atoms with E-state index < -0.39 is 21.7 Å². The highest BCUT2D eigenvalue weighted by Gasteiger charge is 2.15. The zero-order chi connectivity index (χ0) is 15.5. The number of amides is 1. The van der Waals surface area contributed by atoms with Gasteiger partial charge in [-0.25, -0.2) is 17.9 Å². The Hall–Kier alpha value is -2.25. The summed E-state index contributed by atoms with van der Waals surface area (Å²) in [5.74, 6) is -1.02. The van der Waals surface area contributed by atoms with Gasteiger partial charge in [0.2, 0.25) is 15.9 Å². The van der Waals surface area contributed by atoms with Crippen LogP contribution in [0.4, 0.5) is 10.1 Å². The Bertz CT molecular complexity index is 775. The maximum Gasteiger partial charge on any atom is 0.240 e. The van der Waals surface area contributed by atoms with E-state index in [0.29, 0.717) is 0 Å². The molecule has 21 heavy (non-hydrogen) atoms. The number of sulfonamides is 1. The van der Waals surface area contributed by atoms with E-state index in [4.69, 9.17) is 5.14 Å². The van der Waals surface area contributed by atoms with E-state index in [9.17, 15) is 17.6 Å². The molecule has 0 heterocycles. The van der Waals surface area contributed by atoms with Crippen LogP contribution in [0.5, 0.6) is 0 Å². The molecule has 0 spiro atoms. The summed E-state index contributed by atoms with van der Waals surface area (Å²) in [6.45, 7) is 0. The summed E-state index contributed by atoms with van der Waals surface area (Å²) in [5, 5.41) is 7.50. The Morgan fingerprint density at radius 1 is 1.10 bits per heavy atom. The van der Waals surface area contributed by atoms with Gasteiger partial charge in [-0.15, -0.1) is 0 Å². The van der Waals surface area contributed by atoms with Crippen LogP contribution in [0.2, 0.25) is 0 Å². The smallest absolute Gasteiger partial charge is 0.240 e. The van der Waals surface area contributed by atoms with Gasteiger partial charge < -0.3 is 5.32 Å². The number of anilines is 1. The number of primary sulfonamides is 1. The Kier molecular flexibility index (Phi) is 4.35. The molecule has 5 nitrogen and oxygen atoms in total. The fourth-order valence-electron chi connectivity index (χ4n) is 1.83. The van der Waals surface area contributed by atoms with E-state index in [2.05, 4.69) is 5.32 Å². The minimum Gasteiger partial charge on any atom is -0.325 e. The van der Waals surface area contributed by atoms with E-state index in [1.165, 1.54) is 36.4 Å². The number of carbonyl (C=O) groups excluding carboxylic acids is 1. The third-order valence-corrected chi connectivity index (χ3v) is 3.75. The fourth-order valence-corrected chi connectivity index (χ4v) is 2.52. The quantitative estimate of drug-likeness (QED) is 0.900. The molecule has 0 aliphatic carbocycles. The first-order valence-electron chi connectivity index (χ1n) is 6.03. The van der Waals surface area contributed by atoms with E-state index in [1.807, 2.05) is 0 Å². The average Bonchev–Trinajstić information content (AvgIpc) is 2.41. The maximum absolute atomic E-state index is 13.5. The summed E-state index contributed by atoms with van der Waals surface area (Å²) in [6.07, 6.45) is -0.203. The lowest BCUT2D eigenvalue weighted by Crippen LogP contribution is -2.19. The molecule has 7 heteroatoms. The molecule has 0 unspecified atom stereocenters. The summed E-state index contributed by atoms with van der Waals surface area (Å²) >= 11 is 0. The molecule has 0 radical (unpaired) electrons. The van der Waals surface area contributed by atoms with Crippen molar-refractivity contribution in [3.63, 3.8) is 0 Å². The van der Waals surface area contributed by atoms with Crippen molar-refractivity contribution in [3.05, 3.63) is 59.9 Å². The number of para-hydroxylation sites is 1. The number of hydrogen-bond acceptors (Lipinski definition) is 3. The summed E-state index contributed by atoms with van der Waals surface area (Å²) in [5.41, 5.74) is 0.296. The van der Waals surface area contributed by atoms with Gasteiger partial charge in [0.05, 0.1) is 12.1 Å². The van der Waals surface area contributed by atoms with Crippen LogP contribution in [0, 0.1) is 5.82 Å². The van der Waals surface area contributed by atoms with Crippen LogP contribution in [0.15, 0.2) is 53.4 Å². The van der Waals surface area contributed by atoms with Gasteiger partial charge in [-0.05, 0) is 23.8 Å². The first kappa shape index (κ1) is 15.1. The highest BCUT2D eigenvalue weighted by Crippen LogP contribution is 2.19. The second kappa shape index (κ2) is 6.02. The van der Waals surface area contributed by atoms with E-state index >= 15 is 0 Å². The van der Waals surface area contributed by atoms with Crippen LogP contribution >= 0.6 is 0 Å². The van der Waals surface area contributed by atoms with Gasteiger partial charge in [0, 0.05) is 0 Å². The molecule has 2 rings (SSSR count). The molecule has 0 bridgehead atoms. The van der Waals surface area contributed by atoms with Crippen LogP contribution in [-0.2, 0) is 21.2 Å². The molecule has 2 aromatic carbocycles. The van der Waals surface area contributed by atoms with E-state index in [-0.39, 0.29) is 22.6 Å². The molecular weight excluding hydrogens is 295 g/mol. The minimum atomic E-state index is -3.95. The van der Waals surface area contributed by atoms with E-state index in [0.717, 1.165) is 0 Å². The molecule has 2 aromatic rings. The third kappa shape index (κ3) is 3.87. The van der Waals surface area contributed by atoms with Gasteiger partial charge in [0.25, 0.3) is 0 Å². The fraction of sp³-hybridized carbons (Fsp3) is 0.0714. The van der Waals surface area contributed by atoms with Crippen molar-refractivity contribution in [2.45, 2.75) is 11.3 Å².